The van der Waals surface area contributed by atoms with Crippen LogP contribution in [0.1, 0.15) is 20.3 Å². The molecule has 0 spiro atoms. The molecule has 1 aliphatic heterocycles. The predicted molar refractivity (Wildman–Crippen MR) is 43.3 cm³/mol. The molecule has 0 aliphatic carbocycles. The van der Waals surface area contributed by atoms with Crippen LogP contribution in [0.15, 0.2) is 0 Å². The first-order valence-electron chi connectivity index (χ1n) is 3.54. The first-order chi connectivity index (χ1) is 4.66. The smallest absolute Gasteiger partial charge is 0.168 e. The number of hydrogen-bond donors (Lipinski definition) is 0. The second-order valence-corrected chi connectivity index (χ2v) is 3.46. The van der Waals surface area contributed by atoms with Crippen LogP contribution >= 0.6 is 15.9 Å². The number of hydrogen-bond acceptors (Lipinski definition) is 2. The Morgan fingerprint density at radius 1 is 1.80 bits per heavy atom. The summed E-state index contributed by atoms with van der Waals surface area (Å²) in [4.78, 5) is 0. The molecule has 2 atom stereocenters. The monoisotopic (exact) mass is 208 g/mol. The fourth-order valence-electron chi connectivity index (χ4n) is 0.940. The minimum atomic E-state index is -0.285. The van der Waals surface area contributed by atoms with Crippen molar-refractivity contribution < 1.29 is 9.47 Å². The topological polar surface area (TPSA) is 18.5 Å². The minimum absolute atomic E-state index is 0.241. The van der Waals surface area contributed by atoms with Gasteiger partial charge in [-0.3, -0.25) is 0 Å². The molecule has 60 valence electrons. The second-order valence-electron chi connectivity index (χ2n) is 2.82. The highest BCUT2D eigenvalue weighted by Crippen LogP contribution is 2.28. The summed E-state index contributed by atoms with van der Waals surface area (Å²) in [6.07, 6.45) is 1.26. The van der Waals surface area contributed by atoms with E-state index in [9.17, 15) is 0 Å². The molecule has 0 aromatic carbocycles. The number of alkyl halides is 1. The maximum Gasteiger partial charge on any atom is 0.168 e. The zero-order valence-corrected chi connectivity index (χ0v) is 7.98. The highest BCUT2D eigenvalue weighted by atomic mass is 79.9. The molecule has 0 bridgehead atoms. The Morgan fingerprint density at radius 2 is 2.40 bits per heavy atom. The van der Waals surface area contributed by atoms with E-state index in [2.05, 4.69) is 15.9 Å². The first kappa shape index (κ1) is 8.50. The molecule has 0 aromatic rings. The van der Waals surface area contributed by atoms with Crippen molar-refractivity contribution in [3.63, 3.8) is 0 Å². The van der Waals surface area contributed by atoms with Gasteiger partial charge in [0.1, 0.15) is 0 Å². The van der Waals surface area contributed by atoms with E-state index in [1.54, 1.807) is 0 Å². The molecule has 1 fully saturated rings. The van der Waals surface area contributed by atoms with Gasteiger partial charge in [-0.1, -0.05) is 15.9 Å². The quantitative estimate of drug-likeness (QED) is 0.661. The van der Waals surface area contributed by atoms with Crippen LogP contribution in [0.3, 0.4) is 0 Å². The van der Waals surface area contributed by atoms with Gasteiger partial charge >= 0.3 is 0 Å². The van der Waals surface area contributed by atoms with Gasteiger partial charge in [0, 0.05) is 11.8 Å². The van der Waals surface area contributed by atoms with Crippen LogP contribution in [0.5, 0.6) is 0 Å². The Bertz CT molecular complexity index is 112. The highest BCUT2D eigenvalue weighted by molar-refractivity contribution is 9.09. The van der Waals surface area contributed by atoms with Gasteiger partial charge in [-0.15, -0.1) is 0 Å². The summed E-state index contributed by atoms with van der Waals surface area (Å²) in [5, 5.41) is 0.867. The Hall–Kier alpha value is 0.400. The lowest BCUT2D eigenvalue weighted by Gasteiger charge is -2.39. The lowest BCUT2D eigenvalue weighted by atomic mass is 10.1. The van der Waals surface area contributed by atoms with E-state index in [1.807, 2.05) is 13.8 Å². The standard InChI is InChI=1S/C7H13BrO2/c1-6(5-8)10-7(2)3-4-9-7/h6H,3-5H2,1-2H3. The van der Waals surface area contributed by atoms with Crippen molar-refractivity contribution in [1.29, 1.82) is 0 Å². The average Bonchev–Trinajstić information content (AvgIpc) is 1.84. The van der Waals surface area contributed by atoms with Crippen molar-refractivity contribution in [2.24, 2.45) is 0 Å². The molecule has 0 radical (unpaired) electrons. The molecule has 2 nitrogen and oxygen atoms in total. The molecule has 0 aromatic heterocycles. The molecule has 1 heterocycles. The van der Waals surface area contributed by atoms with E-state index in [0.29, 0.717) is 0 Å². The second kappa shape index (κ2) is 3.20. The van der Waals surface area contributed by atoms with Crippen molar-refractivity contribution in [3.8, 4) is 0 Å². The normalized spacial score (nSPS) is 35.1. The summed E-state index contributed by atoms with van der Waals surface area (Å²) < 4.78 is 10.8. The van der Waals surface area contributed by atoms with Gasteiger partial charge in [-0.25, -0.2) is 0 Å². The summed E-state index contributed by atoms with van der Waals surface area (Å²) in [5.41, 5.74) is 0. The first-order valence-corrected chi connectivity index (χ1v) is 4.66. The minimum Gasteiger partial charge on any atom is -0.350 e. The molecule has 2 unspecified atom stereocenters. The van der Waals surface area contributed by atoms with E-state index in [4.69, 9.17) is 9.47 Å². The van der Waals surface area contributed by atoms with Crippen LogP contribution in [0.25, 0.3) is 0 Å². The fourth-order valence-corrected chi connectivity index (χ4v) is 1.07. The zero-order valence-electron chi connectivity index (χ0n) is 6.39. The molecule has 3 heteroatoms. The molecule has 10 heavy (non-hydrogen) atoms. The SMILES string of the molecule is CC(CBr)OC1(C)CCO1. The van der Waals surface area contributed by atoms with Gasteiger partial charge in [0.2, 0.25) is 0 Å². The maximum atomic E-state index is 5.55. The van der Waals surface area contributed by atoms with Crippen molar-refractivity contribution in [2.75, 3.05) is 11.9 Å². The predicted octanol–water partition coefficient (Wildman–Crippen LogP) is 1.92. The molecular weight excluding hydrogens is 196 g/mol. The third-order valence-corrected chi connectivity index (χ3v) is 2.54. The Kier molecular flexibility index (Phi) is 2.72. The van der Waals surface area contributed by atoms with E-state index < -0.39 is 0 Å². The summed E-state index contributed by atoms with van der Waals surface area (Å²) >= 11 is 3.34. The van der Waals surface area contributed by atoms with Gasteiger partial charge in [0.05, 0.1) is 12.7 Å². The van der Waals surface area contributed by atoms with E-state index in [0.717, 1.165) is 18.4 Å². The number of halogens is 1. The van der Waals surface area contributed by atoms with E-state index >= 15 is 0 Å². The molecule has 0 saturated carbocycles. The third-order valence-electron chi connectivity index (χ3n) is 1.63. The van der Waals surface area contributed by atoms with E-state index in [-0.39, 0.29) is 11.9 Å². The molecular formula is C7H13BrO2. The maximum absolute atomic E-state index is 5.55. The lowest BCUT2D eigenvalue weighted by molar-refractivity contribution is -0.308. The van der Waals surface area contributed by atoms with E-state index in [1.165, 1.54) is 0 Å². The fraction of sp³-hybridized carbons (Fsp3) is 1.00. The summed E-state index contributed by atoms with van der Waals surface area (Å²) in [5.74, 6) is -0.285. The molecule has 0 amide bonds. The van der Waals surface area contributed by atoms with Crippen molar-refractivity contribution >= 4 is 15.9 Å². The average molecular weight is 209 g/mol. The number of rotatable bonds is 3. The largest absolute Gasteiger partial charge is 0.350 e. The Labute approximate surface area is 70.0 Å². The molecule has 1 saturated heterocycles. The van der Waals surface area contributed by atoms with Crippen LogP contribution in [0, 0.1) is 0 Å². The van der Waals surface area contributed by atoms with Gasteiger partial charge < -0.3 is 9.47 Å². The van der Waals surface area contributed by atoms with Crippen LogP contribution in [0.4, 0.5) is 0 Å². The summed E-state index contributed by atoms with van der Waals surface area (Å²) in [7, 11) is 0. The van der Waals surface area contributed by atoms with Gasteiger partial charge in [0.15, 0.2) is 5.79 Å². The molecule has 1 rings (SSSR count). The molecule has 1 aliphatic rings. The van der Waals surface area contributed by atoms with Crippen molar-refractivity contribution in [1.82, 2.24) is 0 Å². The summed E-state index contributed by atoms with van der Waals surface area (Å²) in [6.45, 7) is 4.85. The Balaban J connectivity index is 2.22. The van der Waals surface area contributed by atoms with Crippen LogP contribution in [0.2, 0.25) is 0 Å². The van der Waals surface area contributed by atoms with Gasteiger partial charge in [0.25, 0.3) is 0 Å². The summed E-state index contributed by atoms with van der Waals surface area (Å²) in [6, 6.07) is 0. The van der Waals surface area contributed by atoms with Crippen LogP contribution < -0.4 is 0 Å². The zero-order chi connectivity index (χ0) is 7.61. The van der Waals surface area contributed by atoms with Crippen LogP contribution in [-0.2, 0) is 9.47 Å². The van der Waals surface area contributed by atoms with Crippen molar-refractivity contribution in [3.05, 3.63) is 0 Å². The molecule has 0 N–H and O–H groups in total. The Morgan fingerprint density at radius 3 is 2.70 bits per heavy atom. The van der Waals surface area contributed by atoms with Gasteiger partial charge in [-0.2, -0.15) is 0 Å². The number of ether oxygens (including phenoxy) is 2. The van der Waals surface area contributed by atoms with Gasteiger partial charge in [-0.05, 0) is 13.8 Å². The van der Waals surface area contributed by atoms with Crippen molar-refractivity contribution in [2.45, 2.75) is 32.2 Å². The third kappa shape index (κ3) is 1.94. The lowest BCUT2D eigenvalue weighted by Crippen LogP contribution is -2.45. The van der Waals surface area contributed by atoms with Crippen LogP contribution in [-0.4, -0.2) is 23.8 Å². The highest BCUT2D eigenvalue weighted by Gasteiger charge is 2.35.